The number of nitrogens with one attached hydrogen (secondary N) is 1. The number of hydrogen-bond donors (Lipinski definition) is 2. The zero-order chi connectivity index (χ0) is 12.6. The summed E-state index contributed by atoms with van der Waals surface area (Å²) in [6, 6.07) is 1.82. The molecule has 0 bridgehead atoms. The third-order valence-electron chi connectivity index (χ3n) is 2.58. The highest BCUT2D eigenvalue weighted by Crippen LogP contribution is 2.26. The minimum Gasteiger partial charge on any atom is -0.395 e. The third-order valence-corrected chi connectivity index (χ3v) is 3.94. The van der Waals surface area contributed by atoms with E-state index in [0.29, 0.717) is 16.1 Å². The van der Waals surface area contributed by atoms with Crippen LogP contribution in [0.3, 0.4) is 0 Å². The molecule has 2 aromatic heterocycles. The topological polar surface area (TPSA) is 75.1 Å². The molecule has 0 saturated heterocycles. The summed E-state index contributed by atoms with van der Waals surface area (Å²) in [6.07, 6.45) is 0. The van der Waals surface area contributed by atoms with Gasteiger partial charge < -0.3 is 5.11 Å². The Balaban J connectivity index is 2.74. The molecule has 2 aromatic rings. The van der Waals surface area contributed by atoms with Crippen LogP contribution in [-0.2, 0) is 6.54 Å². The number of H-pyrrole nitrogens is 1. The number of aliphatic hydroxyl groups is 1. The van der Waals surface area contributed by atoms with E-state index >= 15 is 0 Å². The van der Waals surface area contributed by atoms with E-state index in [4.69, 9.17) is 5.11 Å². The molecule has 0 spiro atoms. The zero-order valence-corrected chi connectivity index (χ0v) is 10.5. The standard InChI is InChI=1S/C11H14N2O3S/c1-6(2)8-5-7-9(17-8)12-11(16)13(3-4-14)10(7)15/h5-6,14H,3-4H2,1-2H3,(H,12,16). The normalized spacial score (nSPS) is 11.5. The minimum atomic E-state index is -0.464. The molecule has 0 atom stereocenters. The number of hydrogen-bond acceptors (Lipinski definition) is 4. The van der Waals surface area contributed by atoms with Gasteiger partial charge in [-0.3, -0.25) is 14.3 Å². The highest BCUT2D eigenvalue weighted by molar-refractivity contribution is 7.18. The molecule has 0 aliphatic rings. The number of rotatable bonds is 3. The molecular weight excluding hydrogens is 240 g/mol. The molecular formula is C11H14N2O3S. The molecule has 0 aromatic carbocycles. The van der Waals surface area contributed by atoms with Crippen molar-refractivity contribution in [2.75, 3.05) is 6.61 Å². The number of nitrogens with zero attached hydrogens (tertiary/aromatic N) is 1. The van der Waals surface area contributed by atoms with Gasteiger partial charge in [0.15, 0.2) is 0 Å². The Hall–Kier alpha value is -1.40. The third kappa shape index (κ3) is 2.05. The molecule has 0 amide bonds. The number of aliphatic hydroxyl groups excluding tert-OH is 1. The lowest BCUT2D eigenvalue weighted by Crippen LogP contribution is -2.35. The van der Waals surface area contributed by atoms with Crippen molar-refractivity contribution >= 4 is 21.6 Å². The maximum atomic E-state index is 12.0. The molecule has 2 rings (SSSR count). The van der Waals surface area contributed by atoms with Crippen LogP contribution >= 0.6 is 11.3 Å². The fourth-order valence-corrected chi connectivity index (χ4v) is 2.69. The van der Waals surface area contributed by atoms with Crippen LogP contribution in [0.4, 0.5) is 0 Å². The molecule has 17 heavy (non-hydrogen) atoms. The van der Waals surface area contributed by atoms with Crippen molar-refractivity contribution in [3.05, 3.63) is 31.8 Å². The first-order valence-electron chi connectivity index (χ1n) is 5.42. The second kappa shape index (κ2) is 4.46. The van der Waals surface area contributed by atoms with Gasteiger partial charge >= 0.3 is 5.69 Å². The van der Waals surface area contributed by atoms with Crippen molar-refractivity contribution in [1.29, 1.82) is 0 Å². The van der Waals surface area contributed by atoms with Crippen LogP contribution in [0, 0.1) is 0 Å². The van der Waals surface area contributed by atoms with Crippen molar-refractivity contribution in [2.24, 2.45) is 0 Å². The van der Waals surface area contributed by atoms with Crippen molar-refractivity contribution in [2.45, 2.75) is 26.3 Å². The lowest BCUT2D eigenvalue weighted by atomic mass is 10.2. The second-order valence-corrected chi connectivity index (χ2v) is 5.24. The lowest BCUT2D eigenvalue weighted by Gasteiger charge is -2.00. The van der Waals surface area contributed by atoms with E-state index in [1.165, 1.54) is 11.3 Å². The van der Waals surface area contributed by atoms with Gasteiger partial charge in [-0.15, -0.1) is 11.3 Å². The first-order valence-corrected chi connectivity index (χ1v) is 6.23. The van der Waals surface area contributed by atoms with Gasteiger partial charge in [0.2, 0.25) is 0 Å². The second-order valence-electron chi connectivity index (χ2n) is 4.16. The monoisotopic (exact) mass is 254 g/mol. The maximum Gasteiger partial charge on any atom is 0.329 e. The Labute approximate surface area is 101 Å². The minimum absolute atomic E-state index is 0.0248. The van der Waals surface area contributed by atoms with Crippen LogP contribution in [0.15, 0.2) is 15.7 Å². The van der Waals surface area contributed by atoms with Gasteiger partial charge in [-0.2, -0.15) is 0 Å². The zero-order valence-electron chi connectivity index (χ0n) is 9.69. The molecule has 92 valence electrons. The summed E-state index contributed by atoms with van der Waals surface area (Å²) in [6.45, 7) is 3.87. The summed E-state index contributed by atoms with van der Waals surface area (Å²) in [4.78, 5) is 28.0. The van der Waals surface area contributed by atoms with Crippen molar-refractivity contribution in [1.82, 2.24) is 9.55 Å². The van der Waals surface area contributed by atoms with Crippen LogP contribution in [0.2, 0.25) is 0 Å². The largest absolute Gasteiger partial charge is 0.395 e. The maximum absolute atomic E-state index is 12.0. The van der Waals surface area contributed by atoms with Gasteiger partial charge in [0.25, 0.3) is 5.56 Å². The smallest absolute Gasteiger partial charge is 0.329 e. The summed E-state index contributed by atoms with van der Waals surface area (Å²) in [5.74, 6) is 0.321. The highest BCUT2D eigenvalue weighted by Gasteiger charge is 2.12. The van der Waals surface area contributed by atoms with Crippen LogP contribution in [-0.4, -0.2) is 21.3 Å². The summed E-state index contributed by atoms with van der Waals surface area (Å²) in [5.41, 5.74) is -0.797. The first-order chi connectivity index (χ1) is 8.04. The van der Waals surface area contributed by atoms with Crippen LogP contribution in [0.25, 0.3) is 10.2 Å². The van der Waals surface area contributed by atoms with Gasteiger partial charge in [0.05, 0.1) is 18.5 Å². The SMILES string of the molecule is CC(C)c1cc2c(=O)n(CCO)c(=O)[nH]c2s1. The molecule has 0 radical (unpaired) electrons. The highest BCUT2D eigenvalue weighted by atomic mass is 32.1. The number of aromatic nitrogens is 2. The van der Waals surface area contributed by atoms with Crippen LogP contribution in [0.1, 0.15) is 24.6 Å². The summed E-state index contributed by atoms with van der Waals surface area (Å²) in [7, 11) is 0. The van der Waals surface area contributed by atoms with E-state index in [1.807, 2.05) is 19.9 Å². The Morgan fingerprint density at radius 1 is 1.47 bits per heavy atom. The molecule has 0 aliphatic heterocycles. The average Bonchev–Trinajstić information content (AvgIpc) is 2.68. The Morgan fingerprint density at radius 2 is 2.18 bits per heavy atom. The quantitative estimate of drug-likeness (QED) is 0.853. The fraction of sp³-hybridized carbons (Fsp3) is 0.455. The average molecular weight is 254 g/mol. The van der Waals surface area contributed by atoms with E-state index in [-0.39, 0.29) is 18.7 Å². The fourth-order valence-electron chi connectivity index (χ4n) is 1.65. The number of thiophene rings is 1. The van der Waals surface area contributed by atoms with Crippen LogP contribution < -0.4 is 11.2 Å². The van der Waals surface area contributed by atoms with Gasteiger partial charge in [-0.05, 0) is 12.0 Å². The molecule has 0 saturated carbocycles. The number of fused-ring (bicyclic) bond motifs is 1. The van der Waals surface area contributed by atoms with E-state index in [2.05, 4.69) is 4.98 Å². The molecule has 0 aliphatic carbocycles. The van der Waals surface area contributed by atoms with Crippen LogP contribution in [0.5, 0.6) is 0 Å². The van der Waals surface area contributed by atoms with Gasteiger partial charge in [0, 0.05) is 4.88 Å². The predicted molar refractivity (Wildman–Crippen MR) is 67.9 cm³/mol. The molecule has 0 fully saturated rings. The molecule has 2 heterocycles. The summed E-state index contributed by atoms with van der Waals surface area (Å²) >= 11 is 1.43. The van der Waals surface area contributed by atoms with E-state index in [9.17, 15) is 9.59 Å². The molecule has 2 N–H and O–H groups in total. The van der Waals surface area contributed by atoms with Crippen molar-refractivity contribution < 1.29 is 5.11 Å². The summed E-state index contributed by atoms with van der Waals surface area (Å²) in [5, 5.41) is 9.34. The van der Waals surface area contributed by atoms with Crippen molar-refractivity contribution in [3.8, 4) is 0 Å². The molecule has 0 unspecified atom stereocenters. The lowest BCUT2D eigenvalue weighted by molar-refractivity contribution is 0.272. The Bertz CT molecular complexity index is 651. The van der Waals surface area contributed by atoms with E-state index in [1.54, 1.807) is 0 Å². The Morgan fingerprint density at radius 3 is 2.76 bits per heavy atom. The van der Waals surface area contributed by atoms with Gasteiger partial charge in [-0.1, -0.05) is 13.8 Å². The molecule has 6 heteroatoms. The van der Waals surface area contributed by atoms with Crippen molar-refractivity contribution in [3.63, 3.8) is 0 Å². The van der Waals surface area contributed by atoms with Gasteiger partial charge in [-0.25, -0.2) is 4.79 Å². The number of aromatic amines is 1. The first kappa shape index (κ1) is 12.1. The predicted octanol–water partition coefficient (Wildman–Crippen LogP) is 0.867. The van der Waals surface area contributed by atoms with E-state index in [0.717, 1.165) is 9.44 Å². The Kier molecular flexibility index (Phi) is 3.17. The van der Waals surface area contributed by atoms with Gasteiger partial charge in [0.1, 0.15) is 4.83 Å². The van der Waals surface area contributed by atoms with E-state index < -0.39 is 5.69 Å². The molecule has 5 nitrogen and oxygen atoms in total. The summed E-state index contributed by atoms with van der Waals surface area (Å²) < 4.78 is 1.03.